The van der Waals surface area contributed by atoms with Gasteiger partial charge in [0.05, 0.1) is 19.8 Å². The number of carbonyl (C=O) groups is 1. The molecule has 6 rings (SSSR count). The Morgan fingerprint density at radius 1 is 0.976 bits per heavy atom. The number of anilines is 2. The fourth-order valence-corrected chi connectivity index (χ4v) is 5.47. The SMILES string of the molecule is O=C(NCC(F)F)Nc1ccc(-c2nc(N3CCOCC3)c3onc(C4CCN(Cc5ccccc5)CC4)c3n2)cc1. The first-order chi connectivity index (χ1) is 20.5. The van der Waals surface area contributed by atoms with E-state index in [9.17, 15) is 13.6 Å². The van der Waals surface area contributed by atoms with Crippen LogP contribution in [0.1, 0.15) is 30.0 Å². The molecular weight excluding hydrogens is 544 g/mol. The van der Waals surface area contributed by atoms with Crippen molar-refractivity contribution in [1.29, 1.82) is 0 Å². The number of benzene rings is 2. The molecule has 2 aliphatic rings. The van der Waals surface area contributed by atoms with Crippen molar-refractivity contribution < 1.29 is 22.8 Å². The van der Waals surface area contributed by atoms with Crippen LogP contribution in [-0.4, -0.2) is 78.4 Å². The molecule has 10 nitrogen and oxygen atoms in total. The monoisotopic (exact) mass is 577 g/mol. The Morgan fingerprint density at radius 3 is 2.43 bits per heavy atom. The normalized spacial score (nSPS) is 16.7. The third kappa shape index (κ3) is 6.50. The first-order valence-electron chi connectivity index (χ1n) is 14.2. The zero-order valence-corrected chi connectivity index (χ0v) is 23.1. The number of piperidine rings is 1. The lowest BCUT2D eigenvalue weighted by atomic mass is 9.92. The Labute approximate surface area is 242 Å². The first kappa shape index (κ1) is 28.0. The van der Waals surface area contributed by atoms with Crippen molar-refractivity contribution in [3.8, 4) is 11.4 Å². The summed E-state index contributed by atoms with van der Waals surface area (Å²) >= 11 is 0. The number of rotatable bonds is 8. The Kier molecular flexibility index (Phi) is 8.52. The fraction of sp³-hybridized carbons (Fsp3) is 0.400. The number of hydrogen-bond acceptors (Lipinski definition) is 8. The summed E-state index contributed by atoms with van der Waals surface area (Å²) in [5.74, 6) is 1.42. The van der Waals surface area contributed by atoms with Gasteiger partial charge in [0, 0.05) is 36.8 Å². The largest absolute Gasteiger partial charge is 0.378 e. The van der Waals surface area contributed by atoms with Crippen molar-refractivity contribution in [2.45, 2.75) is 31.7 Å². The number of urea groups is 1. The second-order valence-electron chi connectivity index (χ2n) is 10.6. The lowest BCUT2D eigenvalue weighted by molar-refractivity contribution is 0.122. The molecule has 4 heterocycles. The summed E-state index contributed by atoms with van der Waals surface area (Å²) in [6.45, 7) is 4.68. The molecule has 0 spiro atoms. The smallest absolute Gasteiger partial charge is 0.319 e. The van der Waals surface area contributed by atoms with Gasteiger partial charge in [0.1, 0.15) is 11.2 Å². The lowest BCUT2D eigenvalue weighted by Gasteiger charge is -2.31. The Bertz CT molecular complexity index is 1490. The van der Waals surface area contributed by atoms with Crippen LogP contribution < -0.4 is 15.5 Å². The number of halogens is 2. The minimum absolute atomic E-state index is 0.219. The quantitative estimate of drug-likeness (QED) is 0.305. The standard InChI is InChI=1S/C30H33F2N7O3/c31-24(32)18-33-30(40)34-23-8-6-22(7-9-23)28-35-26-25(37-42-27(26)29(36-28)39-14-16-41-17-15-39)21-10-12-38(13-11-21)19-20-4-2-1-3-5-20/h1-9,21,24H,10-19H2,(H2,33,34,40). The number of alkyl halides is 2. The summed E-state index contributed by atoms with van der Waals surface area (Å²) in [6, 6.07) is 16.8. The molecule has 2 aromatic heterocycles. The van der Waals surface area contributed by atoms with E-state index in [0.29, 0.717) is 49.2 Å². The van der Waals surface area contributed by atoms with Crippen molar-refractivity contribution in [2.24, 2.45) is 0 Å². The van der Waals surface area contributed by atoms with Gasteiger partial charge in [-0.2, -0.15) is 0 Å². The van der Waals surface area contributed by atoms with Gasteiger partial charge >= 0.3 is 6.03 Å². The average Bonchev–Trinajstić information content (AvgIpc) is 3.45. The molecule has 0 aliphatic carbocycles. The van der Waals surface area contributed by atoms with Crippen LogP contribution in [0.4, 0.5) is 25.1 Å². The summed E-state index contributed by atoms with van der Waals surface area (Å²) < 4.78 is 36.3. The van der Waals surface area contributed by atoms with Gasteiger partial charge in [-0.3, -0.25) is 4.90 Å². The Morgan fingerprint density at radius 2 is 1.71 bits per heavy atom. The first-order valence-corrected chi connectivity index (χ1v) is 14.2. The second kappa shape index (κ2) is 12.8. The average molecular weight is 578 g/mol. The molecule has 2 aliphatic heterocycles. The summed E-state index contributed by atoms with van der Waals surface area (Å²) in [5, 5.41) is 9.22. The van der Waals surface area contributed by atoms with Crippen molar-refractivity contribution >= 4 is 28.6 Å². The molecule has 2 saturated heterocycles. The molecule has 2 amide bonds. The Hall–Kier alpha value is -4.16. The van der Waals surface area contributed by atoms with E-state index in [4.69, 9.17) is 19.2 Å². The van der Waals surface area contributed by atoms with Crippen LogP contribution in [0.5, 0.6) is 0 Å². The third-order valence-corrected chi connectivity index (χ3v) is 7.68. The lowest BCUT2D eigenvalue weighted by Crippen LogP contribution is -2.37. The predicted molar refractivity (Wildman–Crippen MR) is 155 cm³/mol. The topological polar surface area (TPSA) is 109 Å². The molecule has 2 N–H and O–H groups in total. The number of ether oxygens (including phenoxy) is 1. The van der Waals surface area contributed by atoms with E-state index >= 15 is 0 Å². The highest BCUT2D eigenvalue weighted by Gasteiger charge is 2.29. The number of nitrogens with zero attached hydrogens (tertiary/aromatic N) is 5. The summed E-state index contributed by atoms with van der Waals surface area (Å²) in [4.78, 5) is 26.3. The van der Waals surface area contributed by atoms with Crippen molar-refractivity contribution in [3.05, 3.63) is 65.9 Å². The number of carbonyl (C=O) groups excluding carboxylic acids is 1. The van der Waals surface area contributed by atoms with Gasteiger partial charge in [0.15, 0.2) is 11.6 Å². The highest BCUT2D eigenvalue weighted by molar-refractivity contribution is 5.90. The molecule has 2 aromatic carbocycles. The van der Waals surface area contributed by atoms with Crippen LogP contribution in [0.25, 0.3) is 22.5 Å². The van der Waals surface area contributed by atoms with Crippen molar-refractivity contribution in [2.75, 3.05) is 56.2 Å². The summed E-state index contributed by atoms with van der Waals surface area (Å²) in [7, 11) is 0. The van der Waals surface area contributed by atoms with Gasteiger partial charge < -0.3 is 24.8 Å². The number of morpholine rings is 1. The zero-order valence-electron chi connectivity index (χ0n) is 23.1. The number of likely N-dealkylation sites (tertiary alicyclic amines) is 1. The molecule has 0 saturated carbocycles. The molecule has 220 valence electrons. The molecule has 12 heteroatoms. The maximum atomic E-state index is 12.4. The van der Waals surface area contributed by atoms with E-state index in [-0.39, 0.29) is 5.92 Å². The molecule has 0 radical (unpaired) electrons. The second-order valence-corrected chi connectivity index (χ2v) is 10.6. The number of nitrogens with one attached hydrogen (secondary N) is 2. The molecule has 2 fully saturated rings. The number of fused-ring (bicyclic) bond motifs is 1. The van der Waals surface area contributed by atoms with Gasteiger partial charge in [0.2, 0.25) is 5.58 Å². The van der Waals surface area contributed by atoms with Gasteiger partial charge in [-0.15, -0.1) is 0 Å². The van der Waals surface area contributed by atoms with E-state index in [2.05, 4.69) is 49.9 Å². The molecule has 0 bridgehead atoms. The van der Waals surface area contributed by atoms with Gasteiger partial charge in [0.25, 0.3) is 6.43 Å². The summed E-state index contributed by atoms with van der Waals surface area (Å²) in [5.41, 5.74) is 4.68. The van der Waals surface area contributed by atoms with E-state index in [1.807, 2.05) is 6.07 Å². The number of aromatic nitrogens is 3. The van der Waals surface area contributed by atoms with E-state index in [1.54, 1.807) is 24.3 Å². The van der Waals surface area contributed by atoms with Crippen LogP contribution >= 0.6 is 0 Å². The number of hydrogen-bond donors (Lipinski definition) is 2. The number of amides is 2. The predicted octanol–water partition coefficient (Wildman–Crippen LogP) is 4.89. The minimum atomic E-state index is -2.62. The van der Waals surface area contributed by atoms with Crippen molar-refractivity contribution in [3.63, 3.8) is 0 Å². The molecular formula is C30H33F2N7O3. The molecule has 4 aromatic rings. The van der Waals surface area contributed by atoms with Gasteiger partial charge in [-0.25, -0.2) is 23.5 Å². The Balaban J connectivity index is 1.24. The minimum Gasteiger partial charge on any atom is -0.378 e. The van der Waals surface area contributed by atoms with Crippen LogP contribution in [0.3, 0.4) is 0 Å². The van der Waals surface area contributed by atoms with E-state index in [0.717, 1.165) is 49.2 Å². The van der Waals surface area contributed by atoms with Crippen molar-refractivity contribution in [1.82, 2.24) is 25.3 Å². The van der Waals surface area contributed by atoms with E-state index < -0.39 is 19.0 Å². The van der Waals surface area contributed by atoms with Crippen LogP contribution in [0.15, 0.2) is 59.1 Å². The maximum absolute atomic E-state index is 12.4. The van der Waals surface area contributed by atoms with Gasteiger partial charge in [-0.05, 0) is 55.8 Å². The fourth-order valence-electron chi connectivity index (χ4n) is 5.47. The molecule has 42 heavy (non-hydrogen) atoms. The van der Waals surface area contributed by atoms with E-state index in [1.165, 1.54) is 5.56 Å². The summed E-state index contributed by atoms with van der Waals surface area (Å²) in [6.07, 6.45) is -0.710. The zero-order chi connectivity index (χ0) is 28.9. The third-order valence-electron chi connectivity index (χ3n) is 7.68. The van der Waals surface area contributed by atoms with Gasteiger partial charge in [-0.1, -0.05) is 35.5 Å². The maximum Gasteiger partial charge on any atom is 0.319 e. The highest BCUT2D eigenvalue weighted by atomic mass is 19.3. The van der Waals surface area contributed by atoms with Crippen LogP contribution in [0, 0.1) is 0 Å². The molecule has 0 atom stereocenters. The molecule has 0 unspecified atom stereocenters. The highest BCUT2D eigenvalue weighted by Crippen LogP contribution is 2.36. The van der Waals surface area contributed by atoms with Crippen LogP contribution in [0.2, 0.25) is 0 Å². The van der Waals surface area contributed by atoms with Crippen LogP contribution in [-0.2, 0) is 11.3 Å².